The smallest absolute Gasteiger partial charge is 0.308 e. The van der Waals surface area contributed by atoms with Gasteiger partial charge < -0.3 is 19.5 Å². The molecule has 0 spiro atoms. The zero-order chi connectivity index (χ0) is 40.5. The van der Waals surface area contributed by atoms with E-state index in [2.05, 4.69) is 39.5 Å². The summed E-state index contributed by atoms with van der Waals surface area (Å²) in [7, 11) is 0. The Morgan fingerprint density at radius 2 is 0.782 bits per heavy atom. The van der Waals surface area contributed by atoms with Crippen LogP contribution in [0.5, 0.6) is 0 Å². The predicted molar refractivity (Wildman–Crippen MR) is 237 cm³/mol. The maximum Gasteiger partial charge on any atom is 0.308 e. The Bertz CT molecular complexity index is 806. The van der Waals surface area contributed by atoms with Crippen molar-refractivity contribution in [2.75, 3.05) is 39.5 Å². The van der Waals surface area contributed by atoms with Gasteiger partial charge in [0.05, 0.1) is 25.0 Å². The van der Waals surface area contributed by atoms with Gasteiger partial charge in [-0.1, -0.05) is 182 Å². The van der Waals surface area contributed by atoms with Crippen LogP contribution in [0.25, 0.3) is 0 Å². The molecule has 0 heterocycles. The van der Waals surface area contributed by atoms with Crippen LogP contribution >= 0.6 is 0 Å². The molecule has 0 aromatic rings. The number of hydrogen-bond acceptors (Lipinski definition) is 6. The number of carbonyl (C=O) groups excluding carboxylic acids is 2. The van der Waals surface area contributed by atoms with Gasteiger partial charge in [-0.2, -0.15) is 0 Å². The molecule has 0 saturated carbocycles. The van der Waals surface area contributed by atoms with Crippen LogP contribution in [-0.2, 0) is 19.1 Å². The number of esters is 2. The fraction of sp³-hybridized carbons (Fsp3) is 0.959. The van der Waals surface area contributed by atoms with E-state index < -0.39 is 0 Å². The van der Waals surface area contributed by atoms with E-state index in [0.717, 1.165) is 135 Å². The minimum atomic E-state index is 0.0522. The van der Waals surface area contributed by atoms with Crippen LogP contribution in [0.15, 0.2) is 0 Å². The Balaban J connectivity index is 4.40. The van der Waals surface area contributed by atoms with Crippen molar-refractivity contribution in [1.82, 2.24) is 4.90 Å². The average Bonchev–Trinajstić information content (AvgIpc) is 3.19. The number of carbonyl (C=O) groups is 2. The molecule has 0 amide bonds. The number of rotatable bonds is 44. The lowest BCUT2D eigenvalue weighted by molar-refractivity contribution is -0.150. The fourth-order valence-corrected chi connectivity index (χ4v) is 7.78. The quantitative estimate of drug-likeness (QED) is 0.0490. The lowest BCUT2D eigenvalue weighted by atomic mass is 9.92. The average molecular weight is 780 g/mol. The normalized spacial score (nSPS) is 13.3. The van der Waals surface area contributed by atoms with E-state index in [1.165, 1.54) is 103 Å². The van der Waals surface area contributed by atoms with Crippen molar-refractivity contribution in [2.24, 2.45) is 17.8 Å². The summed E-state index contributed by atoms with van der Waals surface area (Å²) >= 11 is 0. The Morgan fingerprint density at radius 1 is 0.436 bits per heavy atom. The number of hydrogen-bond donors (Lipinski definition) is 1. The molecule has 6 heteroatoms. The van der Waals surface area contributed by atoms with E-state index >= 15 is 0 Å². The fourth-order valence-electron chi connectivity index (χ4n) is 7.78. The second-order valence-electron chi connectivity index (χ2n) is 17.2. The summed E-state index contributed by atoms with van der Waals surface area (Å²) in [6.45, 7) is 16.0. The van der Waals surface area contributed by atoms with Crippen LogP contribution in [-0.4, -0.2) is 61.4 Å². The molecule has 0 aliphatic carbocycles. The molecular weight excluding hydrogens is 683 g/mol. The first-order valence-corrected chi connectivity index (χ1v) is 24.6. The van der Waals surface area contributed by atoms with Gasteiger partial charge in [-0.05, 0) is 89.8 Å². The summed E-state index contributed by atoms with van der Waals surface area (Å²) in [5.41, 5.74) is 0. The number of nitrogens with zero attached hydrogens (tertiary/aromatic N) is 1. The van der Waals surface area contributed by atoms with Gasteiger partial charge in [0.1, 0.15) is 0 Å². The molecule has 55 heavy (non-hydrogen) atoms. The second kappa shape index (κ2) is 42.5. The number of unbranched alkanes of at least 4 members (excludes halogenated alkanes) is 20. The molecule has 0 radical (unpaired) electrons. The van der Waals surface area contributed by atoms with Gasteiger partial charge in [-0.3, -0.25) is 9.59 Å². The topological polar surface area (TPSA) is 76.1 Å². The zero-order valence-electron chi connectivity index (χ0n) is 37.8. The highest BCUT2D eigenvalue weighted by Gasteiger charge is 2.21. The molecular formula is C49H97NO5. The molecule has 0 aliphatic rings. The number of aliphatic hydroxyl groups excluding tert-OH is 1. The van der Waals surface area contributed by atoms with Crippen LogP contribution in [0.1, 0.15) is 247 Å². The van der Waals surface area contributed by atoms with Crippen molar-refractivity contribution in [2.45, 2.75) is 247 Å². The third kappa shape index (κ3) is 35.7. The van der Waals surface area contributed by atoms with Crippen molar-refractivity contribution in [3.05, 3.63) is 0 Å². The van der Waals surface area contributed by atoms with E-state index in [0.29, 0.717) is 13.2 Å². The Kier molecular flexibility index (Phi) is 41.6. The van der Waals surface area contributed by atoms with Gasteiger partial charge in [0.2, 0.25) is 0 Å². The summed E-state index contributed by atoms with van der Waals surface area (Å²) in [6.07, 6.45) is 38.2. The summed E-state index contributed by atoms with van der Waals surface area (Å²) < 4.78 is 11.7. The van der Waals surface area contributed by atoms with E-state index in [-0.39, 0.29) is 30.4 Å². The third-order valence-electron chi connectivity index (χ3n) is 11.9. The summed E-state index contributed by atoms with van der Waals surface area (Å²) in [4.78, 5) is 28.6. The van der Waals surface area contributed by atoms with Crippen LogP contribution < -0.4 is 0 Å². The summed E-state index contributed by atoms with van der Waals surface area (Å²) in [5, 5.41) is 9.33. The number of ether oxygens (including phenoxy) is 2. The van der Waals surface area contributed by atoms with Crippen molar-refractivity contribution in [3.63, 3.8) is 0 Å². The highest BCUT2D eigenvalue weighted by Crippen LogP contribution is 2.23. The standard InChI is InChI=1S/C49H97NO5/c1-6-10-13-16-18-25-36-46(35-24-15-12-8-3)48(52)54-43-31-22-20-27-39-50(41-29-30-42-51)40-28-21-23-32-44-55-49(53)47(38-33-34-45(5)9-4)37-26-19-17-14-11-7-2/h45-47,51H,6-44H2,1-5H3. The molecule has 0 aromatic carbocycles. The van der Waals surface area contributed by atoms with Crippen molar-refractivity contribution in [1.29, 1.82) is 0 Å². The molecule has 0 aromatic heterocycles. The van der Waals surface area contributed by atoms with Gasteiger partial charge >= 0.3 is 11.9 Å². The van der Waals surface area contributed by atoms with Gasteiger partial charge in [0.15, 0.2) is 0 Å². The predicted octanol–water partition coefficient (Wildman–Crippen LogP) is 14.2. The third-order valence-corrected chi connectivity index (χ3v) is 11.9. The molecule has 3 atom stereocenters. The highest BCUT2D eigenvalue weighted by atomic mass is 16.5. The Hall–Kier alpha value is -1.14. The van der Waals surface area contributed by atoms with E-state index in [1.54, 1.807) is 0 Å². The lowest BCUT2D eigenvalue weighted by Gasteiger charge is -2.22. The second-order valence-corrected chi connectivity index (χ2v) is 17.2. The van der Waals surface area contributed by atoms with Gasteiger partial charge in [-0.25, -0.2) is 0 Å². The largest absolute Gasteiger partial charge is 0.465 e. The van der Waals surface area contributed by atoms with E-state index in [4.69, 9.17) is 9.47 Å². The van der Waals surface area contributed by atoms with Crippen molar-refractivity contribution < 1.29 is 24.2 Å². The molecule has 1 N–H and O–H groups in total. The first kappa shape index (κ1) is 53.9. The molecule has 0 fully saturated rings. The zero-order valence-corrected chi connectivity index (χ0v) is 37.8. The maximum atomic E-state index is 13.1. The highest BCUT2D eigenvalue weighted by molar-refractivity contribution is 5.72. The first-order valence-electron chi connectivity index (χ1n) is 24.6. The molecule has 0 saturated heterocycles. The monoisotopic (exact) mass is 780 g/mol. The Labute approximate surface area is 343 Å². The minimum Gasteiger partial charge on any atom is -0.465 e. The van der Waals surface area contributed by atoms with Crippen LogP contribution in [0, 0.1) is 17.8 Å². The molecule has 328 valence electrons. The number of aliphatic hydroxyl groups is 1. The van der Waals surface area contributed by atoms with Gasteiger partial charge in [0, 0.05) is 6.61 Å². The van der Waals surface area contributed by atoms with Gasteiger partial charge in [-0.15, -0.1) is 0 Å². The minimum absolute atomic E-state index is 0.0522. The van der Waals surface area contributed by atoms with Crippen LogP contribution in [0.4, 0.5) is 0 Å². The van der Waals surface area contributed by atoms with Crippen molar-refractivity contribution >= 4 is 11.9 Å². The summed E-state index contributed by atoms with van der Waals surface area (Å²) in [5.74, 6) is 1.01. The SMILES string of the molecule is CCCCCCCCC(CCCCCC)C(=O)OCCCCCCN(CCCCO)CCCCCCOC(=O)C(CCCCCCCC)CCCC(C)CC. The first-order chi connectivity index (χ1) is 26.9. The van der Waals surface area contributed by atoms with E-state index in [1.807, 2.05) is 0 Å². The summed E-state index contributed by atoms with van der Waals surface area (Å²) in [6, 6.07) is 0. The molecule has 6 nitrogen and oxygen atoms in total. The van der Waals surface area contributed by atoms with Crippen LogP contribution in [0.3, 0.4) is 0 Å². The molecule has 0 bridgehead atoms. The molecule has 3 unspecified atom stereocenters. The maximum absolute atomic E-state index is 13.1. The lowest BCUT2D eigenvalue weighted by Crippen LogP contribution is -2.27. The molecule has 0 aliphatic heterocycles. The molecule has 0 rings (SSSR count). The van der Waals surface area contributed by atoms with E-state index in [9.17, 15) is 14.7 Å². The van der Waals surface area contributed by atoms with Crippen molar-refractivity contribution in [3.8, 4) is 0 Å². The van der Waals surface area contributed by atoms with Gasteiger partial charge in [0.25, 0.3) is 0 Å². The van der Waals surface area contributed by atoms with Crippen LogP contribution in [0.2, 0.25) is 0 Å². The Morgan fingerprint density at radius 3 is 1.20 bits per heavy atom.